The van der Waals surface area contributed by atoms with E-state index < -0.39 is 0 Å². The molecule has 1 N–H and O–H groups in total. The fourth-order valence-electron chi connectivity index (χ4n) is 2.49. The van der Waals surface area contributed by atoms with Gasteiger partial charge in [0.25, 0.3) is 0 Å². The number of carbonyl (C=O) groups excluding carboxylic acids is 1. The zero-order chi connectivity index (χ0) is 16.3. The maximum atomic E-state index is 11.9. The second-order valence-corrected chi connectivity index (χ2v) is 6.92. The number of carbonyl (C=O) groups is 1. The first-order chi connectivity index (χ1) is 10.4. The molecule has 0 aliphatic carbocycles. The van der Waals surface area contributed by atoms with Crippen molar-refractivity contribution >= 4 is 39.6 Å². The van der Waals surface area contributed by atoms with E-state index in [1.165, 1.54) is 18.4 Å². The molecule has 0 bridgehead atoms. The quantitative estimate of drug-likeness (QED) is 0.673. The first-order valence-electron chi connectivity index (χ1n) is 7.37. The summed E-state index contributed by atoms with van der Waals surface area (Å²) in [6, 6.07) is 1.87. The fourth-order valence-corrected chi connectivity index (χ4v) is 3.79. The summed E-state index contributed by atoms with van der Waals surface area (Å²) in [7, 11) is 1.39. The van der Waals surface area contributed by atoms with Crippen LogP contribution in [0.25, 0.3) is 0 Å². The van der Waals surface area contributed by atoms with E-state index >= 15 is 0 Å². The van der Waals surface area contributed by atoms with E-state index in [4.69, 9.17) is 21.7 Å². The van der Waals surface area contributed by atoms with Gasteiger partial charge in [-0.05, 0) is 38.6 Å². The predicted molar refractivity (Wildman–Crippen MR) is 92.8 cm³/mol. The van der Waals surface area contributed by atoms with Crippen molar-refractivity contribution in [3.63, 3.8) is 0 Å². The summed E-state index contributed by atoms with van der Waals surface area (Å²) in [5, 5.41) is 4.58. The summed E-state index contributed by atoms with van der Waals surface area (Å²) >= 11 is 7.04. The van der Waals surface area contributed by atoms with Crippen LogP contribution < -0.4 is 5.32 Å². The van der Waals surface area contributed by atoms with Crippen LogP contribution in [0.3, 0.4) is 0 Å². The fraction of sp³-hybridized carbons (Fsp3) is 0.600. The van der Waals surface area contributed by atoms with Crippen LogP contribution in [0.15, 0.2) is 6.07 Å². The number of ether oxygens (including phenoxy) is 2. The van der Waals surface area contributed by atoms with Gasteiger partial charge in [0.15, 0.2) is 5.11 Å². The average Bonchev–Trinajstić information content (AvgIpc) is 2.88. The van der Waals surface area contributed by atoms with E-state index in [-0.39, 0.29) is 18.2 Å². The smallest absolute Gasteiger partial charge is 0.340 e. The van der Waals surface area contributed by atoms with Crippen molar-refractivity contribution in [1.29, 1.82) is 0 Å². The van der Waals surface area contributed by atoms with Crippen molar-refractivity contribution in [2.45, 2.75) is 39.4 Å². The lowest BCUT2D eigenvalue weighted by atomic mass is 10.2. The van der Waals surface area contributed by atoms with Crippen molar-refractivity contribution in [2.75, 3.05) is 25.5 Å². The molecular weight excluding hydrogens is 320 g/mol. The maximum absolute atomic E-state index is 11.9. The Morgan fingerprint density at radius 1 is 1.50 bits per heavy atom. The molecule has 0 amide bonds. The predicted octanol–water partition coefficient (Wildman–Crippen LogP) is 2.90. The molecule has 122 valence electrons. The largest absolute Gasteiger partial charge is 0.465 e. The van der Waals surface area contributed by atoms with E-state index in [1.807, 2.05) is 19.9 Å². The molecule has 1 fully saturated rings. The van der Waals surface area contributed by atoms with Crippen LogP contribution in [0.2, 0.25) is 0 Å². The number of nitrogens with zero attached hydrogens (tertiary/aromatic N) is 1. The van der Waals surface area contributed by atoms with Gasteiger partial charge in [-0.2, -0.15) is 0 Å². The molecule has 22 heavy (non-hydrogen) atoms. The number of rotatable bonds is 3. The Balaban J connectivity index is 2.14. The van der Waals surface area contributed by atoms with E-state index in [2.05, 4.69) is 17.1 Å². The monoisotopic (exact) mass is 342 g/mol. The Morgan fingerprint density at radius 3 is 2.68 bits per heavy atom. The van der Waals surface area contributed by atoms with Crippen LogP contribution in [0.5, 0.6) is 0 Å². The first-order valence-corrected chi connectivity index (χ1v) is 8.59. The van der Waals surface area contributed by atoms with Gasteiger partial charge in [0.2, 0.25) is 0 Å². The highest BCUT2D eigenvalue weighted by atomic mass is 32.1. The normalized spacial score (nSPS) is 21.5. The number of nitrogens with one attached hydrogen (secondary N) is 1. The molecule has 0 spiro atoms. The van der Waals surface area contributed by atoms with E-state index in [0.717, 1.165) is 29.4 Å². The highest BCUT2D eigenvalue weighted by molar-refractivity contribution is 7.80. The van der Waals surface area contributed by atoms with E-state index in [1.54, 1.807) is 0 Å². The van der Waals surface area contributed by atoms with E-state index in [0.29, 0.717) is 10.7 Å². The zero-order valence-electron chi connectivity index (χ0n) is 13.3. The van der Waals surface area contributed by atoms with Crippen LogP contribution in [0.4, 0.5) is 5.00 Å². The van der Waals surface area contributed by atoms with Gasteiger partial charge in [0, 0.05) is 18.0 Å². The molecule has 0 saturated carbocycles. The number of thiophene rings is 1. The Kier molecular flexibility index (Phi) is 5.77. The van der Waals surface area contributed by atoms with Gasteiger partial charge in [-0.3, -0.25) is 0 Å². The van der Waals surface area contributed by atoms with Crippen LogP contribution in [0.1, 0.15) is 36.0 Å². The third kappa shape index (κ3) is 3.97. The number of hydrogen-bond donors (Lipinski definition) is 1. The van der Waals surface area contributed by atoms with Crippen molar-refractivity contribution in [3.05, 3.63) is 16.5 Å². The number of methoxy groups -OCH3 is 1. The molecule has 1 saturated heterocycles. The molecule has 5 nitrogen and oxygen atoms in total. The van der Waals surface area contributed by atoms with Gasteiger partial charge in [0.1, 0.15) is 5.00 Å². The molecular formula is C15H22N2O3S2. The van der Waals surface area contributed by atoms with Crippen LogP contribution >= 0.6 is 23.6 Å². The minimum atomic E-state index is -0.343. The molecule has 2 atom stereocenters. The summed E-state index contributed by atoms with van der Waals surface area (Å²) in [6.45, 7) is 7.61. The molecule has 1 aromatic rings. The number of morpholine rings is 1. The van der Waals surface area contributed by atoms with Crippen molar-refractivity contribution in [1.82, 2.24) is 4.90 Å². The number of hydrogen-bond acceptors (Lipinski definition) is 5. The zero-order valence-corrected chi connectivity index (χ0v) is 15.0. The third-order valence-corrected chi connectivity index (χ3v) is 5.02. The lowest BCUT2D eigenvalue weighted by Crippen LogP contribution is -2.49. The summed E-state index contributed by atoms with van der Waals surface area (Å²) in [5.74, 6) is -0.343. The Labute approximate surface area is 140 Å². The van der Waals surface area contributed by atoms with Gasteiger partial charge in [0.05, 0.1) is 24.9 Å². The molecule has 1 aliphatic rings. The van der Waals surface area contributed by atoms with E-state index in [9.17, 15) is 4.79 Å². The average molecular weight is 342 g/mol. The lowest BCUT2D eigenvalue weighted by Gasteiger charge is -2.36. The second-order valence-electron chi connectivity index (χ2n) is 5.39. The van der Waals surface area contributed by atoms with Gasteiger partial charge >= 0.3 is 5.97 Å². The standard InChI is InChI=1S/C15H22N2O3S2/c1-5-11-6-12(14(18)19-4)13(22-11)16-15(21)17-7-9(2)20-10(3)8-17/h6,9-10H,5,7-8H2,1-4H3,(H,16,21)/t9-,10-/m1/s1. The number of aryl methyl sites for hydroxylation is 1. The molecule has 2 heterocycles. The van der Waals surface area contributed by atoms with Gasteiger partial charge in [-0.15, -0.1) is 11.3 Å². The summed E-state index contributed by atoms with van der Waals surface area (Å²) in [5.41, 5.74) is 0.543. The molecule has 1 aromatic heterocycles. The lowest BCUT2D eigenvalue weighted by molar-refractivity contribution is -0.0473. The SMILES string of the molecule is CCc1cc(C(=O)OC)c(NC(=S)N2C[C@@H](C)O[C@H](C)C2)s1. The summed E-state index contributed by atoms with van der Waals surface area (Å²) in [4.78, 5) is 15.1. The van der Waals surface area contributed by atoms with Crippen LogP contribution in [-0.4, -0.2) is 48.4 Å². The van der Waals surface area contributed by atoms with Crippen LogP contribution in [-0.2, 0) is 15.9 Å². The molecule has 0 radical (unpaired) electrons. The maximum Gasteiger partial charge on any atom is 0.340 e. The van der Waals surface area contributed by atoms with Crippen molar-refractivity contribution < 1.29 is 14.3 Å². The minimum Gasteiger partial charge on any atom is -0.465 e. The first kappa shape index (κ1) is 17.2. The molecule has 7 heteroatoms. The summed E-state index contributed by atoms with van der Waals surface area (Å²) < 4.78 is 10.6. The van der Waals surface area contributed by atoms with Gasteiger partial charge < -0.3 is 19.7 Å². The summed E-state index contributed by atoms with van der Waals surface area (Å²) in [6.07, 6.45) is 1.14. The van der Waals surface area contributed by atoms with Gasteiger partial charge in [-0.25, -0.2) is 4.79 Å². The Bertz CT molecular complexity index is 549. The molecule has 0 unspecified atom stereocenters. The van der Waals surface area contributed by atoms with Crippen LogP contribution in [0, 0.1) is 0 Å². The van der Waals surface area contributed by atoms with Crippen molar-refractivity contribution in [2.24, 2.45) is 0 Å². The molecule has 0 aromatic carbocycles. The third-order valence-electron chi connectivity index (χ3n) is 3.46. The molecule has 2 rings (SSSR count). The Morgan fingerprint density at radius 2 is 2.14 bits per heavy atom. The highest BCUT2D eigenvalue weighted by Gasteiger charge is 2.25. The van der Waals surface area contributed by atoms with Crippen molar-refractivity contribution in [3.8, 4) is 0 Å². The number of thiocarbonyl (C=S) groups is 1. The molecule has 1 aliphatic heterocycles. The number of anilines is 1. The second kappa shape index (κ2) is 7.39. The highest BCUT2D eigenvalue weighted by Crippen LogP contribution is 2.29. The Hall–Kier alpha value is -1.18. The van der Waals surface area contributed by atoms with Gasteiger partial charge in [-0.1, -0.05) is 6.92 Å². The topological polar surface area (TPSA) is 50.8 Å². The minimum absolute atomic E-state index is 0.137. The number of esters is 1.